The Balaban J connectivity index is 1.17. The lowest BCUT2D eigenvalue weighted by atomic mass is 10.0. The largest absolute Gasteiger partial charge is 0.309 e. The number of aromatic nitrogens is 4. The third-order valence-electron chi connectivity index (χ3n) is 8.80. The van der Waals surface area contributed by atoms with E-state index in [1.54, 1.807) is 0 Å². The molecule has 2 aromatic heterocycles. The summed E-state index contributed by atoms with van der Waals surface area (Å²) in [5, 5.41) is 9.97. The maximum Gasteiger partial charge on any atom is 0.182 e. The number of rotatable bonds is 5. The molecule has 216 valence electrons. The van der Waals surface area contributed by atoms with Gasteiger partial charge in [0.2, 0.25) is 0 Å². The molecule has 4 nitrogen and oxygen atoms in total. The van der Waals surface area contributed by atoms with Gasteiger partial charge in [-0.05, 0) is 64.4 Å². The van der Waals surface area contributed by atoms with Gasteiger partial charge in [0.15, 0.2) is 11.6 Å². The summed E-state index contributed by atoms with van der Waals surface area (Å²) in [6, 6.07) is 59.7. The summed E-state index contributed by atoms with van der Waals surface area (Å²) in [7, 11) is 0. The van der Waals surface area contributed by atoms with Gasteiger partial charge in [0.05, 0.1) is 16.7 Å². The molecule has 0 fully saturated rings. The predicted octanol–water partition coefficient (Wildman–Crippen LogP) is 10.5. The zero-order chi connectivity index (χ0) is 30.5. The lowest BCUT2D eigenvalue weighted by Gasteiger charge is -2.11. The molecule has 0 unspecified atom stereocenters. The molecule has 0 atom stereocenters. The van der Waals surface area contributed by atoms with Crippen LogP contribution in [0.4, 0.5) is 0 Å². The fourth-order valence-electron chi connectivity index (χ4n) is 6.52. The summed E-state index contributed by atoms with van der Waals surface area (Å²) in [6.45, 7) is 0. The second-order valence-electron chi connectivity index (χ2n) is 11.6. The summed E-state index contributed by atoms with van der Waals surface area (Å²) in [4.78, 5) is 5.14. The summed E-state index contributed by atoms with van der Waals surface area (Å²) < 4.78 is 4.30. The number of benzene rings is 7. The molecule has 9 aromatic rings. The molecule has 0 aliphatic carbocycles. The minimum Gasteiger partial charge on any atom is -0.309 e. The van der Waals surface area contributed by atoms with E-state index in [2.05, 4.69) is 168 Å². The molecule has 0 radical (unpaired) electrons. The van der Waals surface area contributed by atoms with E-state index < -0.39 is 0 Å². The highest BCUT2D eigenvalue weighted by Crippen LogP contribution is 2.33. The zero-order valence-electron chi connectivity index (χ0n) is 25.0. The summed E-state index contributed by atoms with van der Waals surface area (Å²) in [5.41, 5.74) is 8.78. The number of fused-ring (bicyclic) bond motifs is 4. The Hall–Kier alpha value is -6.26. The lowest BCUT2D eigenvalue weighted by molar-refractivity contribution is 0.890. The third kappa shape index (κ3) is 4.39. The molecule has 4 heteroatoms. The Morgan fingerprint density at radius 2 is 0.935 bits per heavy atom. The van der Waals surface area contributed by atoms with Crippen LogP contribution in [0.2, 0.25) is 0 Å². The molecule has 0 saturated heterocycles. The first-order valence-electron chi connectivity index (χ1n) is 15.5. The fraction of sp³-hybridized carbons (Fsp3) is 0. The highest BCUT2D eigenvalue weighted by atomic mass is 15.4. The van der Waals surface area contributed by atoms with Crippen LogP contribution in [-0.4, -0.2) is 19.3 Å². The van der Waals surface area contributed by atoms with Gasteiger partial charge < -0.3 is 4.57 Å². The minimum absolute atomic E-state index is 0.694. The predicted molar refractivity (Wildman–Crippen MR) is 190 cm³/mol. The summed E-state index contributed by atoms with van der Waals surface area (Å²) in [5.74, 6) is 1.49. The Morgan fingerprint density at radius 1 is 0.391 bits per heavy atom. The first kappa shape index (κ1) is 26.2. The highest BCUT2D eigenvalue weighted by molar-refractivity contribution is 6.09. The minimum atomic E-state index is 0.694. The van der Waals surface area contributed by atoms with Gasteiger partial charge in [-0.3, -0.25) is 0 Å². The van der Waals surface area contributed by atoms with Crippen molar-refractivity contribution >= 4 is 32.6 Å². The van der Waals surface area contributed by atoms with Crippen LogP contribution in [0.15, 0.2) is 170 Å². The van der Waals surface area contributed by atoms with E-state index in [1.807, 2.05) is 10.7 Å². The van der Waals surface area contributed by atoms with Crippen LogP contribution >= 0.6 is 0 Å². The van der Waals surface area contributed by atoms with Crippen LogP contribution in [0.25, 0.3) is 77.9 Å². The van der Waals surface area contributed by atoms with E-state index in [1.165, 1.54) is 43.7 Å². The number of hydrogen-bond acceptors (Lipinski definition) is 2. The van der Waals surface area contributed by atoms with Crippen molar-refractivity contribution in [3.8, 4) is 45.3 Å². The number of nitrogens with zero attached hydrogens (tertiary/aromatic N) is 4. The van der Waals surface area contributed by atoms with Crippen molar-refractivity contribution in [2.75, 3.05) is 0 Å². The van der Waals surface area contributed by atoms with Gasteiger partial charge in [0.25, 0.3) is 0 Å². The van der Waals surface area contributed by atoms with Crippen molar-refractivity contribution in [2.24, 2.45) is 0 Å². The maximum atomic E-state index is 5.14. The Bertz CT molecular complexity index is 2450. The molecule has 0 spiro atoms. The lowest BCUT2D eigenvalue weighted by Crippen LogP contribution is -2.01. The van der Waals surface area contributed by atoms with E-state index in [9.17, 15) is 0 Å². The maximum absolute atomic E-state index is 5.14. The Labute approximate surface area is 266 Å². The molecule has 0 saturated carbocycles. The smallest absolute Gasteiger partial charge is 0.182 e. The van der Waals surface area contributed by atoms with Gasteiger partial charge >= 0.3 is 0 Å². The number of hydrogen-bond donors (Lipinski definition) is 0. The van der Waals surface area contributed by atoms with Crippen molar-refractivity contribution < 1.29 is 0 Å². The average Bonchev–Trinajstić information content (AvgIpc) is 3.73. The van der Waals surface area contributed by atoms with E-state index in [4.69, 9.17) is 10.1 Å². The van der Waals surface area contributed by atoms with Crippen molar-refractivity contribution in [1.82, 2.24) is 19.3 Å². The molecule has 0 bridgehead atoms. The average molecular weight is 589 g/mol. The zero-order valence-corrected chi connectivity index (χ0v) is 25.0. The van der Waals surface area contributed by atoms with Crippen LogP contribution < -0.4 is 0 Å². The normalized spacial score (nSPS) is 11.5. The van der Waals surface area contributed by atoms with Crippen molar-refractivity contribution in [3.05, 3.63) is 170 Å². The summed E-state index contributed by atoms with van der Waals surface area (Å²) in [6.07, 6.45) is 0. The molecule has 7 aromatic carbocycles. The molecule has 0 N–H and O–H groups in total. The van der Waals surface area contributed by atoms with Crippen LogP contribution in [0.1, 0.15) is 0 Å². The van der Waals surface area contributed by atoms with Gasteiger partial charge in [0.1, 0.15) is 0 Å². The van der Waals surface area contributed by atoms with Gasteiger partial charge in [-0.2, -0.15) is 0 Å². The van der Waals surface area contributed by atoms with Crippen LogP contribution in [0.5, 0.6) is 0 Å². The monoisotopic (exact) mass is 588 g/mol. The molecule has 0 aliphatic heterocycles. The van der Waals surface area contributed by atoms with Crippen molar-refractivity contribution in [3.63, 3.8) is 0 Å². The summed E-state index contributed by atoms with van der Waals surface area (Å²) >= 11 is 0. The van der Waals surface area contributed by atoms with Crippen LogP contribution in [0, 0.1) is 0 Å². The van der Waals surface area contributed by atoms with E-state index in [0.717, 1.165) is 28.3 Å². The molecular weight excluding hydrogens is 560 g/mol. The molecule has 0 amide bonds. The third-order valence-corrected chi connectivity index (χ3v) is 8.80. The van der Waals surface area contributed by atoms with E-state index >= 15 is 0 Å². The van der Waals surface area contributed by atoms with E-state index in [0.29, 0.717) is 5.82 Å². The van der Waals surface area contributed by atoms with Gasteiger partial charge in [-0.1, -0.05) is 127 Å². The highest BCUT2D eigenvalue weighted by Gasteiger charge is 2.17. The second kappa shape index (κ2) is 10.7. The van der Waals surface area contributed by atoms with E-state index in [-0.39, 0.29) is 0 Å². The fourth-order valence-corrected chi connectivity index (χ4v) is 6.52. The standard InChI is InChI=1S/C42H28N4/c1-2-10-29(11-3-1)31-18-21-32(22-19-31)42-43-41(34-23-20-30-12-4-5-13-33(30)28-34)44-46(42)36-26-24-35(25-27-36)45-39-16-8-6-14-37(39)38-15-7-9-17-40(38)45/h1-28H. The first-order valence-corrected chi connectivity index (χ1v) is 15.5. The van der Waals surface area contributed by atoms with Gasteiger partial charge in [-0.25, -0.2) is 9.67 Å². The van der Waals surface area contributed by atoms with Crippen molar-refractivity contribution in [2.45, 2.75) is 0 Å². The molecule has 0 aliphatic rings. The Morgan fingerprint density at radius 3 is 1.65 bits per heavy atom. The van der Waals surface area contributed by atoms with Crippen LogP contribution in [0.3, 0.4) is 0 Å². The SMILES string of the molecule is c1ccc(-c2ccc(-c3nc(-c4ccc5ccccc5c4)nn3-c3ccc(-n4c5ccccc5c5ccccc54)cc3)cc2)cc1. The van der Waals surface area contributed by atoms with Gasteiger partial charge in [-0.15, -0.1) is 5.10 Å². The molecular formula is C42H28N4. The molecule has 9 rings (SSSR count). The van der Waals surface area contributed by atoms with Crippen LogP contribution in [-0.2, 0) is 0 Å². The topological polar surface area (TPSA) is 35.6 Å². The molecule has 46 heavy (non-hydrogen) atoms. The quantitative estimate of drug-likeness (QED) is 0.200. The number of para-hydroxylation sites is 2. The van der Waals surface area contributed by atoms with Gasteiger partial charge in [0, 0.05) is 27.6 Å². The first-order chi connectivity index (χ1) is 22.8. The molecule has 2 heterocycles. The second-order valence-corrected chi connectivity index (χ2v) is 11.6. The Kier molecular flexibility index (Phi) is 6.10. The van der Waals surface area contributed by atoms with Crippen molar-refractivity contribution in [1.29, 1.82) is 0 Å².